The maximum Gasteiger partial charge on any atom is 0.146 e. The Morgan fingerprint density at radius 3 is 2.65 bits per heavy atom. The first-order valence-electron chi connectivity index (χ1n) is 5.27. The van der Waals surface area contributed by atoms with E-state index in [4.69, 9.17) is 5.84 Å². The third-order valence-corrected chi connectivity index (χ3v) is 2.46. The molecular formula is C12H13FN4. The van der Waals surface area contributed by atoms with Gasteiger partial charge in [0.15, 0.2) is 0 Å². The van der Waals surface area contributed by atoms with E-state index in [1.54, 1.807) is 18.5 Å². The molecule has 4 nitrogen and oxygen atoms in total. The van der Waals surface area contributed by atoms with Crippen molar-refractivity contribution < 1.29 is 4.39 Å². The van der Waals surface area contributed by atoms with Gasteiger partial charge >= 0.3 is 0 Å². The van der Waals surface area contributed by atoms with E-state index in [9.17, 15) is 4.39 Å². The highest BCUT2D eigenvalue weighted by molar-refractivity contribution is 5.15. The summed E-state index contributed by atoms with van der Waals surface area (Å²) in [5.74, 6) is 5.07. The fourth-order valence-corrected chi connectivity index (χ4v) is 1.62. The van der Waals surface area contributed by atoms with E-state index in [1.807, 2.05) is 18.2 Å². The zero-order valence-electron chi connectivity index (χ0n) is 9.18. The lowest BCUT2D eigenvalue weighted by Crippen LogP contribution is -2.31. The molecular weight excluding hydrogens is 219 g/mol. The molecule has 0 saturated carbocycles. The first-order valence-corrected chi connectivity index (χ1v) is 5.27. The minimum absolute atomic E-state index is 0.306. The van der Waals surface area contributed by atoms with Crippen molar-refractivity contribution in [1.29, 1.82) is 0 Å². The number of hydrogen-bond donors (Lipinski definition) is 2. The number of aromatic nitrogens is 2. The Kier molecular flexibility index (Phi) is 3.74. The summed E-state index contributed by atoms with van der Waals surface area (Å²) in [6.07, 6.45) is 3.73. The van der Waals surface area contributed by atoms with E-state index in [0.717, 1.165) is 5.69 Å². The van der Waals surface area contributed by atoms with Crippen molar-refractivity contribution in [2.75, 3.05) is 0 Å². The highest BCUT2D eigenvalue weighted by atomic mass is 19.1. The Balaban J connectivity index is 2.21. The molecule has 0 spiro atoms. The topological polar surface area (TPSA) is 63.8 Å². The Hall–Kier alpha value is -1.85. The van der Waals surface area contributed by atoms with Crippen molar-refractivity contribution >= 4 is 0 Å². The molecule has 3 N–H and O–H groups in total. The Labute approximate surface area is 98.7 Å². The number of nitrogens with one attached hydrogen (secondary N) is 1. The first-order chi connectivity index (χ1) is 8.31. The van der Waals surface area contributed by atoms with Crippen molar-refractivity contribution in [3.05, 3.63) is 59.9 Å². The molecule has 0 aromatic carbocycles. The van der Waals surface area contributed by atoms with Crippen LogP contribution in [0.4, 0.5) is 4.39 Å². The van der Waals surface area contributed by atoms with Gasteiger partial charge in [0.25, 0.3) is 0 Å². The van der Waals surface area contributed by atoms with Gasteiger partial charge in [0.05, 0.1) is 11.7 Å². The van der Waals surface area contributed by atoms with Crippen LogP contribution >= 0.6 is 0 Å². The van der Waals surface area contributed by atoms with Gasteiger partial charge in [-0.2, -0.15) is 0 Å². The van der Waals surface area contributed by atoms with Crippen LogP contribution in [-0.4, -0.2) is 9.97 Å². The van der Waals surface area contributed by atoms with Crippen LogP contribution in [0.3, 0.4) is 0 Å². The summed E-state index contributed by atoms with van der Waals surface area (Å²) in [5, 5.41) is 0. The van der Waals surface area contributed by atoms with Crippen molar-refractivity contribution in [2.45, 2.75) is 12.5 Å². The lowest BCUT2D eigenvalue weighted by molar-refractivity contribution is 0.491. The normalized spacial score (nSPS) is 12.4. The van der Waals surface area contributed by atoms with Crippen LogP contribution in [-0.2, 0) is 6.42 Å². The van der Waals surface area contributed by atoms with E-state index in [0.29, 0.717) is 12.1 Å². The Morgan fingerprint density at radius 1 is 1.18 bits per heavy atom. The lowest BCUT2D eigenvalue weighted by atomic mass is 10.1. The van der Waals surface area contributed by atoms with E-state index in [1.165, 1.54) is 6.07 Å². The molecule has 5 heteroatoms. The highest BCUT2D eigenvalue weighted by Crippen LogP contribution is 2.17. The predicted molar refractivity (Wildman–Crippen MR) is 62.2 cm³/mol. The molecule has 2 rings (SSSR count). The van der Waals surface area contributed by atoms with Crippen LogP contribution in [0, 0.1) is 5.82 Å². The average Bonchev–Trinajstić information content (AvgIpc) is 2.38. The monoisotopic (exact) mass is 232 g/mol. The maximum absolute atomic E-state index is 13.6. The molecule has 0 saturated heterocycles. The van der Waals surface area contributed by atoms with Crippen molar-refractivity contribution in [3.8, 4) is 0 Å². The molecule has 88 valence electrons. The fraction of sp³-hybridized carbons (Fsp3) is 0.167. The van der Waals surface area contributed by atoms with Crippen molar-refractivity contribution in [2.24, 2.45) is 5.84 Å². The Bertz CT molecular complexity index is 475. The summed E-state index contributed by atoms with van der Waals surface area (Å²) in [4.78, 5) is 8.18. The summed E-state index contributed by atoms with van der Waals surface area (Å²) in [6, 6.07) is 8.11. The van der Waals surface area contributed by atoms with Crippen LogP contribution in [0.5, 0.6) is 0 Å². The van der Waals surface area contributed by atoms with Crippen molar-refractivity contribution in [1.82, 2.24) is 15.4 Å². The number of nitrogens with two attached hydrogens (primary N) is 1. The van der Waals surface area contributed by atoms with Crippen molar-refractivity contribution in [3.63, 3.8) is 0 Å². The minimum Gasteiger partial charge on any atom is -0.271 e. The molecule has 0 amide bonds. The van der Waals surface area contributed by atoms with Crippen LogP contribution < -0.4 is 11.3 Å². The van der Waals surface area contributed by atoms with Crippen LogP contribution in [0.25, 0.3) is 0 Å². The van der Waals surface area contributed by atoms with E-state index < -0.39 is 0 Å². The molecule has 0 radical (unpaired) electrons. The first kappa shape index (κ1) is 11.6. The highest BCUT2D eigenvalue weighted by Gasteiger charge is 2.16. The summed E-state index contributed by atoms with van der Waals surface area (Å²) < 4.78 is 13.6. The molecule has 1 atom stereocenters. The Morgan fingerprint density at radius 2 is 2.00 bits per heavy atom. The van der Waals surface area contributed by atoms with Gasteiger partial charge in [-0.3, -0.25) is 21.2 Å². The molecule has 0 fully saturated rings. The van der Waals surface area contributed by atoms with Crippen LogP contribution in [0.15, 0.2) is 42.7 Å². The fourth-order valence-electron chi connectivity index (χ4n) is 1.62. The lowest BCUT2D eigenvalue weighted by Gasteiger charge is -2.15. The smallest absolute Gasteiger partial charge is 0.146 e. The van der Waals surface area contributed by atoms with E-state index in [-0.39, 0.29) is 11.9 Å². The standard InChI is InChI=1S/C12H13FN4/c13-10-5-3-7-16-12(10)11(17-14)8-9-4-1-2-6-15-9/h1-7,11,17H,8,14H2. The molecule has 2 heterocycles. The number of rotatable bonds is 4. The number of pyridine rings is 2. The minimum atomic E-state index is -0.383. The SMILES string of the molecule is NNC(Cc1ccccn1)c1ncccc1F. The van der Waals surface area contributed by atoms with Gasteiger partial charge in [-0.25, -0.2) is 4.39 Å². The van der Waals surface area contributed by atoms with Crippen LogP contribution in [0.2, 0.25) is 0 Å². The maximum atomic E-state index is 13.6. The number of nitrogens with zero attached hydrogens (tertiary/aromatic N) is 2. The predicted octanol–water partition coefficient (Wildman–Crippen LogP) is 1.36. The molecule has 2 aromatic heterocycles. The number of hydrazine groups is 1. The van der Waals surface area contributed by atoms with E-state index in [2.05, 4.69) is 15.4 Å². The molecule has 17 heavy (non-hydrogen) atoms. The van der Waals surface area contributed by atoms with Gasteiger partial charge in [-0.05, 0) is 24.3 Å². The largest absolute Gasteiger partial charge is 0.271 e. The summed E-state index contributed by atoms with van der Waals surface area (Å²) in [5.41, 5.74) is 3.71. The molecule has 2 aromatic rings. The summed E-state index contributed by atoms with van der Waals surface area (Å²) >= 11 is 0. The van der Waals surface area contributed by atoms with Gasteiger partial charge in [-0.1, -0.05) is 6.07 Å². The average molecular weight is 232 g/mol. The number of hydrogen-bond acceptors (Lipinski definition) is 4. The molecule has 0 aliphatic carbocycles. The summed E-state index contributed by atoms with van der Waals surface area (Å²) in [6.45, 7) is 0. The number of halogens is 1. The second-order valence-electron chi connectivity index (χ2n) is 3.61. The van der Waals surface area contributed by atoms with Gasteiger partial charge in [-0.15, -0.1) is 0 Å². The molecule has 0 bridgehead atoms. The zero-order valence-corrected chi connectivity index (χ0v) is 9.18. The third kappa shape index (κ3) is 2.83. The third-order valence-electron chi connectivity index (χ3n) is 2.46. The second kappa shape index (κ2) is 5.47. The van der Waals surface area contributed by atoms with Gasteiger partial charge in [0.1, 0.15) is 5.82 Å². The summed E-state index contributed by atoms with van der Waals surface area (Å²) in [7, 11) is 0. The second-order valence-corrected chi connectivity index (χ2v) is 3.61. The quantitative estimate of drug-likeness (QED) is 0.617. The molecule has 0 aliphatic rings. The van der Waals surface area contributed by atoms with Gasteiger partial charge < -0.3 is 0 Å². The zero-order chi connectivity index (χ0) is 12.1. The van der Waals surface area contributed by atoms with Crippen LogP contribution in [0.1, 0.15) is 17.4 Å². The van der Waals surface area contributed by atoms with Gasteiger partial charge in [0, 0.05) is 24.5 Å². The van der Waals surface area contributed by atoms with Gasteiger partial charge in [0.2, 0.25) is 0 Å². The molecule has 1 unspecified atom stereocenters. The van der Waals surface area contributed by atoms with E-state index >= 15 is 0 Å². The molecule has 0 aliphatic heterocycles.